The van der Waals surface area contributed by atoms with Gasteiger partial charge >= 0.3 is 0 Å². The highest BCUT2D eigenvalue weighted by atomic mass is 16.2. The Morgan fingerprint density at radius 3 is 2.50 bits per heavy atom. The number of nitrogens with zero attached hydrogens (tertiary/aromatic N) is 1. The van der Waals surface area contributed by atoms with Gasteiger partial charge < -0.3 is 10.6 Å². The maximum Gasteiger partial charge on any atom is 0.239 e. The highest BCUT2D eigenvalue weighted by molar-refractivity contribution is 5.81. The molecule has 1 heterocycles. The molecule has 0 saturated carbocycles. The highest BCUT2D eigenvalue weighted by Gasteiger charge is 2.32. The van der Waals surface area contributed by atoms with Crippen LogP contribution in [0.15, 0.2) is 0 Å². The van der Waals surface area contributed by atoms with Crippen LogP contribution in [0.1, 0.15) is 27.2 Å². The van der Waals surface area contributed by atoms with Crippen molar-refractivity contribution in [2.24, 2.45) is 11.1 Å². The minimum Gasteiger partial charge on any atom is -0.341 e. The molecular formula is C9H18N2O. The van der Waals surface area contributed by atoms with E-state index < -0.39 is 0 Å². The Morgan fingerprint density at radius 1 is 1.58 bits per heavy atom. The molecule has 1 fully saturated rings. The van der Waals surface area contributed by atoms with Gasteiger partial charge in [0.2, 0.25) is 5.91 Å². The van der Waals surface area contributed by atoms with Crippen LogP contribution >= 0.6 is 0 Å². The molecular weight excluding hydrogens is 152 g/mol. The lowest BCUT2D eigenvalue weighted by Crippen LogP contribution is -2.41. The molecule has 70 valence electrons. The fraction of sp³-hybridized carbons (Fsp3) is 0.889. The van der Waals surface area contributed by atoms with E-state index >= 15 is 0 Å². The van der Waals surface area contributed by atoms with Gasteiger partial charge in [-0.2, -0.15) is 0 Å². The zero-order chi connectivity index (χ0) is 9.35. The van der Waals surface area contributed by atoms with Crippen molar-refractivity contribution in [3.05, 3.63) is 0 Å². The average Bonchev–Trinajstić information content (AvgIpc) is 2.28. The van der Waals surface area contributed by atoms with Crippen LogP contribution in [0.5, 0.6) is 0 Å². The van der Waals surface area contributed by atoms with Crippen LogP contribution in [0.4, 0.5) is 0 Å². The fourth-order valence-electron chi connectivity index (χ4n) is 1.59. The fourth-order valence-corrected chi connectivity index (χ4v) is 1.59. The molecule has 1 aliphatic heterocycles. The van der Waals surface area contributed by atoms with Crippen molar-refractivity contribution in [2.45, 2.75) is 33.2 Å². The molecule has 1 aliphatic rings. The molecule has 0 aromatic carbocycles. The van der Waals surface area contributed by atoms with Crippen LogP contribution in [-0.4, -0.2) is 29.9 Å². The summed E-state index contributed by atoms with van der Waals surface area (Å²) in [4.78, 5) is 13.3. The Morgan fingerprint density at radius 2 is 2.17 bits per heavy atom. The second-order valence-corrected chi connectivity index (χ2v) is 4.46. The molecule has 0 aromatic rings. The molecule has 12 heavy (non-hydrogen) atoms. The van der Waals surface area contributed by atoms with Crippen LogP contribution in [0.3, 0.4) is 0 Å². The molecule has 0 aliphatic carbocycles. The molecule has 1 saturated heterocycles. The van der Waals surface area contributed by atoms with Gasteiger partial charge in [0.15, 0.2) is 0 Å². The van der Waals surface area contributed by atoms with Crippen molar-refractivity contribution < 1.29 is 4.79 Å². The standard InChI is InChI=1S/C9H18N2O/c1-7(10)8(12)11-5-4-9(2,3)6-11/h7H,4-6,10H2,1-3H3/t7-/m0/s1. The Kier molecular flexibility index (Phi) is 2.42. The van der Waals surface area contributed by atoms with Gasteiger partial charge in [0.1, 0.15) is 0 Å². The number of nitrogens with two attached hydrogens (primary N) is 1. The molecule has 0 unspecified atom stereocenters. The van der Waals surface area contributed by atoms with Gasteiger partial charge in [0.25, 0.3) is 0 Å². The summed E-state index contributed by atoms with van der Waals surface area (Å²) < 4.78 is 0. The van der Waals surface area contributed by atoms with E-state index in [9.17, 15) is 4.79 Å². The van der Waals surface area contributed by atoms with Gasteiger partial charge in [0, 0.05) is 13.1 Å². The summed E-state index contributed by atoms with van der Waals surface area (Å²) in [5.74, 6) is 0.0839. The van der Waals surface area contributed by atoms with E-state index in [2.05, 4.69) is 13.8 Å². The van der Waals surface area contributed by atoms with E-state index in [-0.39, 0.29) is 17.4 Å². The number of carbonyl (C=O) groups excluding carboxylic acids is 1. The second kappa shape index (κ2) is 3.05. The topological polar surface area (TPSA) is 46.3 Å². The molecule has 1 rings (SSSR count). The van der Waals surface area contributed by atoms with Gasteiger partial charge in [-0.15, -0.1) is 0 Å². The van der Waals surface area contributed by atoms with Crippen LogP contribution in [0.2, 0.25) is 0 Å². The molecule has 3 heteroatoms. The minimum absolute atomic E-state index is 0.0839. The predicted octanol–water partition coefficient (Wildman–Crippen LogP) is 0.592. The van der Waals surface area contributed by atoms with Crippen LogP contribution in [0, 0.1) is 5.41 Å². The smallest absolute Gasteiger partial charge is 0.239 e. The lowest BCUT2D eigenvalue weighted by molar-refractivity contribution is -0.131. The summed E-state index contributed by atoms with van der Waals surface area (Å²) >= 11 is 0. The Bertz CT molecular complexity index is 187. The zero-order valence-electron chi connectivity index (χ0n) is 8.13. The first kappa shape index (κ1) is 9.52. The quantitative estimate of drug-likeness (QED) is 0.626. The number of carbonyl (C=O) groups is 1. The van der Waals surface area contributed by atoms with Crippen LogP contribution in [0.25, 0.3) is 0 Å². The summed E-state index contributed by atoms with van der Waals surface area (Å²) in [6.07, 6.45) is 1.09. The predicted molar refractivity (Wildman–Crippen MR) is 48.6 cm³/mol. The summed E-state index contributed by atoms with van der Waals surface area (Å²) in [6, 6.07) is -0.348. The summed E-state index contributed by atoms with van der Waals surface area (Å²) in [7, 11) is 0. The molecule has 1 atom stereocenters. The monoisotopic (exact) mass is 170 g/mol. The average molecular weight is 170 g/mol. The largest absolute Gasteiger partial charge is 0.341 e. The van der Waals surface area contributed by atoms with E-state index in [0.717, 1.165) is 19.5 Å². The van der Waals surface area contributed by atoms with Crippen molar-refractivity contribution in [3.63, 3.8) is 0 Å². The molecule has 2 N–H and O–H groups in total. The van der Waals surface area contributed by atoms with E-state index in [0.29, 0.717) is 0 Å². The zero-order valence-corrected chi connectivity index (χ0v) is 8.13. The van der Waals surface area contributed by atoms with Crippen molar-refractivity contribution in [3.8, 4) is 0 Å². The lowest BCUT2D eigenvalue weighted by atomic mass is 9.93. The Labute approximate surface area is 73.9 Å². The van der Waals surface area contributed by atoms with Crippen molar-refractivity contribution in [2.75, 3.05) is 13.1 Å². The maximum absolute atomic E-state index is 11.4. The second-order valence-electron chi connectivity index (χ2n) is 4.46. The van der Waals surface area contributed by atoms with Gasteiger partial charge in [-0.25, -0.2) is 0 Å². The van der Waals surface area contributed by atoms with Crippen molar-refractivity contribution in [1.82, 2.24) is 4.90 Å². The summed E-state index contributed by atoms with van der Waals surface area (Å²) in [5.41, 5.74) is 5.80. The first-order chi connectivity index (χ1) is 5.42. The molecule has 0 spiro atoms. The number of hydrogen-bond acceptors (Lipinski definition) is 2. The summed E-state index contributed by atoms with van der Waals surface area (Å²) in [5, 5.41) is 0. The van der Waals surface area contributed by atoms with Crippen LogP contribution < -0.4 is 5.73 Å². The van der Waals surface area contributed by atoms with E-state index in [4.69, 9.17) is 5.73 Å². The molecule has 0 aromatic heterocycles. The number of amides is 1. The molecule has 0 radical (unpaired) electrons. The minimum atomic E-state index is -0.348. The lowest BCUT2D eigenvalue weighted by Gasteiger charge is -2.21. The van der Waals surface area contributed by atoms with Gasteiger partial charge in [-0.3, -0.25) is 4.79 Å². The third kappa shape index (κ3) is 1.97. The SMILES string of the molecule is C[C@H](N)C(=O)N1CCC(C)(C)C1. The van der Waals surface area contributed by atoms with E-state index in [1.54, 1.807) is 6.92 Å². The third-order valence-electron chi connectivity index (χ3n) is 2.38. The molecule has 1 amide bonds. The Hall–Kier alpha value is -0.570. The summed E-state index contributed by atoms with van der Waals surface area (Å²) in [6.45, 7) is 7.83. The highest BCUT2D eigenvalue weighted by Crippen LogP contribution is 2.28. The van der Waals surface area contributed by atoms with Crippen molar-refractivity contribution >= 4 is 5.91 Å². The normalized spacial score (nSPS) is 24.2. The number of hydrogen-bond donors (Lipinski definition) is 1. The van der Waals surface area contributed by atoms with Gasteiger partial charge in [-0.05, 0) is 18.8 Å². The van der Waals surface area contributed by atoms with E-state index in [1.165, 1.54) is 0 Å². The first-order valence-corrected chi connectivity index (χ1v) is 4.47. The van der Waals surface area contributed by atoms with Crippen molar-refractivity contribution in [1.29, 1.82) is 0 Å². The maximum atomic E-state index is 11.4. The molecule has 3 nitrogen and oxygen atoms in total. The third-order valence-corrected chi connectivity index (χ3v) is 2.38. The van der Waals surface area contributed by atoms with Gasteiger partial charge in [-0.1, -0.05) is 13.8 Å². The van der Waals surface area contributed by atoms with Gasteiger partial charge in [0.05, 0.1) is 6.04 Å². The van der Waals surface area contributed by atoms with E-state index in [1.807, 2.05) is 4.90 Å². The van der Waals surface area contributed by atoms with Crippen LogP contribution in [-0.2, 0) is 4.79 Å². The first-order valence-electron chi connectivity index (χ1n) is 4.47. The number of rotatable bonds is 1. The Balaban J connectivity index is 2.53. The number of likely N-dealkylation sites (tertiary alicyclic amines) is 1. The molecule has 0 bridgehead atoms.